The first-order chi connectivity index (χ1) is 32.4. The number of hydrogen-bond donors (Lipinski definition) is 4. The Kier molecular flexibility index (Phi) is 23.0. The molecule has 0 bridgehead atoms. The van der Waals surface area contributed by atoms with Crippen LogP contribution < -0.4 is 10.6 Å². The summed E-state index contributed by atoms with van der Waals surface area (Å²) in [5.41, 5.74) is 2.48. The minimum absolute atomic E-state index is 0.0482. The van der Waals surface area contributed by atoms with E-state index in [1.54, 1.807) is 69.2 Å². The third kappa shape index (κ3) is 20.8. The number of aliphatic hydroxyl groups is 2. The summed E-state index contributed by atoms with van der Waals surface area (Å²) in [4.78, 5) is 50.5. The molecule has 0 heterocycles. The van der Waals surface area contributed by atoms with Gasteiger partial charge in [0.25, 0.3) is 0 Å². The van der Waals surface area contributed by atoms with Crippen molar-refractivity contribution in [3.8, 4) is 22.3 Å². The number of hydrogen-bond acceptors (Lipinski definition) is 11. The molecule has 15 heteroatoms. The maximum Gasteiger partial charge on any atom is 0.407 e. The fraction of sp³-hybridized carbons (Fsp3) is 0.481. The van der Waals surface area contributed by atoms with Crippen molar-refractivity contribution in [2.75, 3.05) is 39.6 Å². The van der Waals surface area contributed by atoms with E-state index in [-0.39, 0.29) is 45.9 Å². The molecule has 4 aromatic carbocycles. The van der Waals surface area contributed by atoms with Gasteiger partial charge in [-0.15, -0.1) is 0 Å². The van der Waals surface area contributed by atoms with Crippen molar-refractivity contribution in [1.82, 2.24) is 10.6 Å². The minimum Gasteiger partial charge on any atom is -0.466 e. The minimum atomic E-state index is -1.16. The number of carbonyl (C=O) groups excluding carboxylic acids is 4. The third-order valence-electron chi connectivity index (χ3n) is 10.6. The van der Waals surface area contributed by atoms with Crippen molar-refractivity contribution in [3.63, 3.8) is 0 Å². The average molecular weight is 996 g/mol. The smallest absolute Gasteiger partial charge is 0.407 e. The first-order valence-corrected chi connectivity index (χ1v) is 24.0. The van der Waals surface area contributed by atoms with Crippen LogP contribution in [0.1, 0.15) is 93.2 Å². The highest BCUT2D eigenvalue weighted by Crippen LogP contribution is 2.31. The lowest BCUT2D eigenvalue weighted by molar-refractivity contribution is -0.159. The Morgan fingerprint density at radius 1 is 0.565 bits per heavy atom. The zero-order valence-corrected chi connectivity index (χ0v) is 43.3. The molecule has 0 spiro atoms. The summed E-state index contributed by atoms with van der Waals surface area (Å²) in [6, 6.07) is 30.2. The van der Waals surface area contributed by atoms with Crippen molar-refractivity contribution in [1.29, 1.82) is 0 Å². The summed E-state index contributed by atoms with van der Waals surface area (Å²) in [5, 5.41) is 26.2. The standard InChI is InChI=1S/C28H38ClNO6.C26H34ClNO5/c1-6-35-25(32)28(5,19-34-15-14-31)18-24(30-26(33)36-27(2,3)4)16-20-10-12-21(13-11-20)22-8-7-9-23(29)17-22;1-6-32-23(30)26(5,17-29)16-22(28-24(31)33-25(2,3)4)14-18-10-12-19(13-11-18)20-8-7-9-21(27)15-20/h7-13,17,24,31H,6,14-16,18-19H2,1-5H3,(H,30,33);7-13,15,22,29H,6,14,16-17H2,1-5H3,(H,28,31)/t24-,28+;22-,26+/m11/s1. The van der Waals surface area contributed by atoms with E-state index in [1.165, 1.54) is 0 Å². The van der Waals surface area contributed by atoms with Crippen LogP contribution >= 0.6 is 23.2 Å². The number of rotatable bonds is 21. The molecular formula is C54H72Cl2N2O11. The van der Waals surface area contributed by atoms with Gasteiger partial charge in [0.2, 0.25) is 0 Å². The van der Waals surface area contributed by atoms with Gasteiger partial charge in [0.05, 0.1) is 50.5 Å². The number of nitrogens with one attached hydrogen (secondary N) is 2. The Labute approximate surface area is 418 Å². The lowest BCUT2D eigenvalue weighted by Gasteiger charge is -2.32. The second-order valence-electron chi connectivity index (χ2n) is 19.4. The lowest BCUT2D eigenvalue weighted by Crippen LogP contribution is -2.46. The number of aliphatic hydroxyl groups excluding tert-OH is 2. The molecule has 4 N–H and O–H groups in total. The number of halogens is 2. The van der Waals surface area contributed by atoms with E-state index in [1.807, 2.05) is 97.1 Å². The van der Waals surface area contributed by atoms with Crippen LogP contribution in [0.4, 0.5) is 9.59 Å². The summed E-state index contributed by atoms with van der Waals surface area (Å²) in [5.74, 6) is -0.921. The van der Waals surface area contributed by atoms with Gasteiger partial charge in [-0.25, -0.2) is 9.59 Å². The van der Waals surface area contributed by atoms with Crippen LogP contribution in [0.3, 0.4) is 0 Å². The average Bonchev–Trinajstić information content (AvgIpc) is 3.26. The van der Waals surface area contributed by atoms with Crippen LogP contribution in [0.25, 0.3) is 22.3 Å². The molecule has 13 nitrogen and oxygen atoms in total. The SMILES string of the molecule is CCOC(=O)[C@](C)(CO)C[C@@H](Cc1ccc(-c2cccc(Cl)c2)cc1)NC(=O)OC(C)(C)C.CCOC(=O)[C@](C)(COCCO)C[C@@H](Cc1ccc(-c2cccc(Cl)c2)cc1)NC(=O)OC(C)(C)C. The van der Waals surface area contributed by atoms with Gasteiger partial charge in [-0.05, 0) is 153 Å². The predicted octanol–water partition coefficient (Wildman–Crippen LogP) is 10.8. The third-order valence-corrected chi connectivity index (χ3v) is 11.0. The molecule has 0 saturated heterocycles. The van der Waals surface area contributed by atoms with Gasteiger partial charge in [0.1, 0.15) is 11.2 Å². The molecule has 4 atom stereocenters. The molecule has 0 aliphatic heterocycles. The van der Waals surface area contributed by atoms with Gasteiger partial charge in [0, 0.05) is 22.1 Å². The Morgan fingerprint density at radius 3 is 1.30 bits per heavy atom. The molecule has 69 heavy (non-hydrogen) atoms. The Hall–Kier alpha value is -5.18. The van der Waals surface area contributed by atoms with Crippen molar-refractivity contribution in [3.05, 3.63) is 118 Å². The highest BCUT2D eigenvalue weighted by Gasteiger charge is 2.39. The first-order valence-electron chi connectivity index (χ1n) is 23.2. The normalized spacial score (nSPS) is 14.1. The maximum atomic E-state index is 12.9. The predicted molar refractivity (Wildman–Crippen MR) is 271 cm³/mol. The summed E-state index contributed by atoms with van der Waals surface area (Å²) in [7, 11) is 0. The zero-order valence-electron chi connectivity index (χ0n) is 41.8. The number of carbonyl (C=O) groups is 4. The van der Waals surface area contributed by atoms with Gasteiger partial charge in [-0.3, -0.25) is 9.59 Å². The number of esters is 2. The van der Waals surface area contributed by atoms with E-state index >= 15 is 0 Å². The molecule has 0 saturated carbocycles. The quantitative estimate of drug-likeness (QED) is 0.0355. The van der Waals surface area contributed by atoms with Crippen LogP contribution in [-0.4, -0.2) is 97.3 Å². The zero-order chi connectivity index (χ0) is 51.4. The summed E-state index contributed by atoms with van der Waals surface area (Å²) in [6.45, 7) is 17.6. The largest absolute Gasteiger partial charge is 0.466 e. The molecule has 0 aromatic heterocycles. The van der Waals surface area contributed by atoms with Crippen LogP contribution in [0.5, 0.6) is 0 Å². The van der Waals surface area contributed by atoms with Gasteiger partial charge >= 0.3 is 24.1 Å². The molecule has 0 unspecified atom stereocenters. The van der Waals surface area contributed by atoms with Crippen LogP contribution in [0.15, 0.2) is 97.1 Å². The highest BCUT2D eigenvalue weighted by molar-refractivity contribution is 6.31. The van der Waals surface area contributed by atoms with E-state index < -0.39 is 64.8 Å². The van der Waals surface area contributed by atoms with E-state index in [0.29, 0.717) is 22.9 Å². The molecular weight excluding hydrogens is 924 g/mol. The van der Waals surface area contributed by atoms with Crippen LogP contribution in [0.2, 0.25) is 10.0 Å². The second-order valence-corrected chi connectivity index (χ2v) is 20.3. The van der Waals surface area contributed by atoms with Gasteiger partial charge in [-0.1, -0.05) is 96.0 Å². The van der Waals surface area contributed by atoms with E-state index in [2.05, 4.69) is 10.6 Å². The van der Waals surface area contributed by atoms with E-state index in [0.717, 1.165) is 33.4 Å². The molecule has 0 aliphatic rings. The van der Waals surface area contributed by atoms with Gasteiger partial charge < -0.3 is 44.5 Å². The number of alkyl carbamates (subject to hydrolysis) is 2. The van der Waals surface area contributed by atoms with Crippen LogP contribution in [-0.2, 0) is 46.1 Å². The van der Waals surface area contributed by atoms with E-state index in [9.17, 15) is 24.3 Å². The Morgan fingerprint density at radius 2 is 0.957 bits per heavy atom. The van der Waals surface area contributed by atoms with Gasteiger partial charge in [0.15, 0.2) is 0 Å². The topological polar surface area (TPSA) is 179 Å². The maximum absolute atomic E-state index is 12.9. The fourth-order valence-corrected chi connectivity index (χ4v) is 7.72. The van der Waals surface area contributed by atoms with Crippen LogP contribution in [0, 0.1) is 10.8 Å². The summed E-state index contributed by atoms with van der Waals surface area (Å²) >= 11 is 12.2. The highest BCUT2D eigenvalue weighted by atomic mass is 35.5. The number of benzene rings is 4. The second kappa shape index (κ2) is 27.3. The monoisotopic (exact) mass is 994 g/mol. The molecule has 2 amide bonds. The summed E-state index contributed by atoms with van der Waals surface area (Å²) < 4.78 is 26.9. The molecule has 378 valence electrons. The lowest BCUT2D eigenvalue weighted by atomic mass is 9.82. The number of ether oxygens (including phenoxy) is 5. The molecule has 0 fully saturated rings. The van der Waals surface area contributed by atoms with Crippen molar-refractivity contribution >= 4 is 47.3 Å². The molecule has 0 aliphatic carbocycles. The first kappa shape index (κ1) is 58.1. The fourth-order valence-electron chi connectivity index (χ4n) is 7.34. The number of amides is 2. The van der Waals surface area contributed by atoms with Crippen molar-refractivity contribution in [2.45, 2.75) is 118 Å². The van der Waals surface area contributed by atoms with Crippen molar-refractivity contribution < 1.29 is 53.1 Å². The Bertz CT molecular complexity index is 2240. The Balaban J connectivity index is 0.000000367. The molecule has 4 aromatic rings. The molecule has 4 rings (SSSR count). The van der Waals surface area contributed by atoms with Gasteiger partial charge in [-0.2, -0.15) is 0 Å². The van der Waals surface area contributed by atoms with E-state index in [4.69, 9.17) is 52.0 Å². The van der Waals surface area contributed by atoms with Crippen molar-refractivity contribution in [2.24, 2.45) is 10.8 Å². The summed E-state index contributed by atoms with van der Waals surface area (Å²) in [6.07, 6.45) is 0.218. The molecule has 0 radical (unpaired) electrons.